The molecule has 1 aliphatic heterocycles. The first-order valence-corrected chi connectivity index (χ1v) is 9.52. The molecule has 0 aliphatic carbocycles. The molecule has 2 aromatic rings. The van der Waals surface area contributed by atoms with Crippen molar-refractivity contribution in [1.82, 2.24) is 10.2 Å². The Balaban J connectivity index is 1.65. The molecule has 7 nitrogen and oxygen atoms in total. The molecule has 4 N–H and O–H groups in total. The maximum Gasteiger partial charge on any atom is 0.176 e. The Bertz CT molecular complexity index is 694. The monoisotopic (exact) mass is 384 g/mol. The second kappa shape index (κ2) is 8.09. The molecule has 1 saturated heterocycles. The number of hydrogen-bond acceptors (Lipinski definition) is 9. The van der Waals surface area contributed by atoms with Gasteiger partial charge in [0.05, 0.1) is 6.61 Å². The molecule has 0 saturated carbocycles. The highest BCUT2D eigenvalue weighted by molar-refractivity contribution is 8.01. The molecular formula is C16H20N2O5S2. The second-order valence-corrected chi connectivity index (χ2v) is 8.35. The van der Waals surface area contributed by atoms with Crippen molar-refractivity contribution >= 4 is 23.1 Å². The summed E-state index contributed by atoms with van der Waals surface area (Å²) in [4.78, 5) is 0. The van der Waals surface area contributed by atoms with E-state index in [4.69, 9.17) is 4.74 Å². The molecule has 2 heterocycles. The summed E-state index contributed by atoms with van der Waals surface area (Å²) in [5, 5.41) is 48.0. The van der Waals surface area contributed by atoms with Crippen LogP contribution in [0.15, 0.2) is 28.6 Å². The van der Waals surface area contributed by atoms with Gasteiger partial charge in [0.2, 0.25) is 0 Å². The molecule has 0 unspecified atom stereocenters. The molecule has 0 spiro atoms. The van der Waals surface area contributed by atoms with Crippen molar-refractivity contribution < 1.29 is 25.2 Å². The molecule has 1 aliphatic rings. The fraction of sp³-hybridized carbons (Fsp3) is 0.500. The maximum atomic E-state index is 10.1. The standard InChI is InChI=1S/C16H20N2O5S2/c1-8-2-4-9(5-3-8)6-11-17-18-16(24-11)25-15-14(22)13(21)12(20)10(7-19)23-15/h2-5,10,12-15,19-22H,6-7H2,1H3/t10-,12-,13+,14-,15+/m1/s1. The van der Waals surface area contributed by atoms with Crippen LogP contribution in [0.1, 0.15) is 16.1 Å². The van der Waals surface area contributed by atoms with Crippen LogP contribution in [0.2, 0.25) is 0 Å². The van der Waals surface area contributed by atoms with E-state index in [1.165, 1.54) is 16.9 Å². The zero-order chi connectivity index (χ0) is 18.0. The van der Waals surface area contributed by atoms with Gasteiger partial charge in [-0.2, -0.15) is 0 Å². The lowest BCUT2D eigenvalue weighted by Crippen LogP contribution is -2.57. The molecule has 3 rings (SSSR count). The van der Waals surface area contributed by atoms with Gasteiger partial charge in [-0.25, -0.2) is 0 Å². The van der Waals surface area contributed by atoms with Crippen LogP contribution < -0.4 is 0 Å². The van der Waals surface area contributed by atoms with Crippen LogP contribution in [0.5, 0.6) is 0 Å². The van der Waals surface area contributed by atoms with Crippen LogP contribution >= 0.6 is 23.1 Å². The molecule has 5 atom stereocenters. The van der Waals surface area contributed by atoms with Gasteiger partial charge in [-0.1, -0.05) is 52.9 Å². The molecule has 1 fully saturated rings. The Labute approximate surface area is 153 Å². The zero-order valence-corrected chi connectivity index (χ0v) is 15.2. The number of aliphatic hydroxyl groups excluding tert-OH is 4. The number of hydrogen-bond donors (Lipinski definition) is 4. The van der Waals surface area contributed by atoms with E-state index in [9.17, 15) is 20.4 Å². The van der Waals surface area contributed by atoms with Crippen molar-refractivity contribution in [1.29, 1.82) is 0 Å². The number of thioether (sulfide) groups is 1. The summed E-state index contributed by atoms with van der Waals surface area (Å²) in [5.74, 6) is 0. The van der Waals surface area contributed by atoms with Crippen LogP contribution in [0.25, 0.3) is 0 Å². The van der Waals surface area contributed by atoms with Crippen molar-refractivity contribution in [3.05, 3.63) is 40.4 Å². The molecule has 0 bridgehead atoms. The third-order valence-electron chi connectivity index (χ3n) is 3.99. The van der Waals surface area contributed by atoms with Gasteiger partial charge < -0.3 is 25.2 Å². The third-order valence-corrected chi connectivity index (χ3v) is 6.15. The molecule has 0 amide bonds. The van der Waals surface area contributed by atoms with Gasteiger partial charge in [-0.15, -0.1) is 10.2 Å². The van der Waals surface area contributed by atoms with Crippen molar-refractivity contribution in [2.24, 2.45) is 0 Å². The average Bonchev–Trinajstić information content (AvgIpc) is 3.04. The Hall–Kier alpha value is -1.07. The van der Waals surface area contributed by atoms with Gasteiger partial charge >= 0.3 is 0 Å². The number of benzene rings is 1. The molecule has 136 valence electrons. The van der Waals surface area contributed by atoms with E-state index in [0.717, 1.165) is 22.3 Å². The molecule has 25 heavy (non-hydrogen) atoms. The quantitative estimate of drug-likeness (QED) is 0.583. The Kier molecular flexibility index (Phi) is 6.05. The van der Waals surface area contributed by atoms with E-state index < -0.39 is 36.5 Å². The average molecular weight is 384 g/mol. The minimum Gasteiger partial charge on any atom is -0.394 e. The molecule has 0 radical (unpaired) electrons. The smallest absolute Gasteiger partial charge is 0.176 e. The fourth-order valence-electron chi connectivity index (χ4n) is 2.50. The number of nitrogens with zero attached hydrogens (tertiary/aromatic N) is 2. The summed E-state index contributed by atoms with van der Waals surface area (Å²) < 4.78 is 6.06. The Morgan fingerprint density at radius 1 is 1.08 bits per heavy atom. The van der Waals surface area contributed by atoms with Gasteiger partial charge in [-0.05, 0) is 12.5 Å². The van der Waals surface area contributed by atoms with Crippen LogP contribution in [-0.2, 0) is 11.2 Å². The third kappa shape index (κ3) is 4.37. The van der Waals surface area contributed by atoms with E-state index in [1.807, 2.05) is 31.2 Å². The van der Waals surface area contributed by atoms with E-state index in [-0.39, 0.29) is 0 Å². The highest BCUT2D eigenvalue weighted by atomic mass is 32.2. The summed E-state index contributed by atoms with van der Waals surface area (Å²) in [6.07, 6.45) is -4.29. The van der Waals surface area contributed by atoms with Gasteiger partial charge in [0.15, 0.2) is 4.34 Å². The minimum atomic E-state index is -1.39. The van der Waals surface area contributed by atoms with Gasteiger partial charge in [-0.3, -0.25) is 0 Å². The van der Waals surface area contributed by atoms with Crippen molar-refractivity contribution in [2.75, 3.05) is 6.61 Å². The summed E-state index contributed by atoms with van der Waals surface area (Å²) in [7, 11) is 0. The first-order chi connectivity index (χ1) is 12.0. The van der Waals surface area contributed by atoms with Gasteiger partial charge in [0.25, 0.3) is 0 Å². The first-order valence-electron chi connectivity index (χ1n) is 7.83. The van der Waals surface area contributed by atoms with Crippen molar-refractivity contribution in [3.8, 4) is 0 Å². The van der Waals surface area contributed by atoms with Crippen LogP contribution in [0.3, 0.4) is 0 Å². The normalized spacial score (nSPS) is 29.7. The predicted octanol–water partition coefficient (Wildman–Crippen LogP) is 0.329. The van der Waals surface area contributed by atoms with Gasteiger partial charge in [0, 0.05) is 6.42 Å². The van der Waals surface area contributed by atoms with Crippen LogP contribution in [0, 0.1) is 6.92 Å². The van der Waals surface area contributed by atoms with Gasteiger partial charge in [0.1, 0.15) is 34.9 Å². The highest BCUT2D eigenvalue weighted by Gasteiger charge is 2.44. The number of aryl methyl sites for hydroxylation is 1. The van der Waals surface area contributed by atoms with Crippen LogP contribution in [-0.4, -0.2) is 67.1 Å². The number of ether oxygens (including phenoxy) is 1. The predicted molar refractivity (Wildman–Crippen MR) is 93.5 cm³/mol. The summed E-state index contributed by atoms with van der Waals surface area (Å²) in [5.41, 5.74) is 1.49. The minimum absolute atomic E-state index is 0.448. The van der Waals surface area contributed by atoms with E-state index in [2.05, 4.69) is 10.2 Å². The number of aliphatic hydroxyl groups is 4. The van der Waals surface area contributed by atoms with E-state index in [0.29, 0.717) is 10.8 Å². The lowest BCUT2D eigenvalue weighted by Gasteiger charge is -2.39. The SMILES string of the molecule is Cc1ccc(Cc2nnc(S[C@@H]3O[C@H](CO)[C@@H](O)[C@H](O)[C@H]3O)s2)cc1. The highest BCUT2D eigenvalue weighted by Crippen LogP contribution is 2.35. The summed E-state index contributed by atoms with van der Waals surface area (Å²) in [6.45, 7) is 1.58. The fourth-order valence-corrected chi connectivity index (χ4v) is 4.66. The molecular weight excluding hydrogens is 364 g/mol. The number of aromatic nitrogens is 2. The maximum absolute atomic E-state index is 10.1. The summed E-state index contributed by atoms with van der Waals surface area (Å²) >= 11 is 2.50. The molecule has 9 heteroatoms. The molecule has 1 aromatic carbocycles. The lowest BCUT2D eigenvalue weighted by molar-refractivity contribution is -0.205. The topological polar surface area (TPSA) is 116 Å². The first kappa shape index (κ1) is 18.7. The second-order valence-electron chi connectivity index (χ2n) is 5.94. The summed E-state index contributed by atoms with van der Waals surface area (Å²) in [6, 6.07) is 8.17. The van der Waals surface area contributed by atoms with Crippen molar-refractivity contribution in [2.45, 2.75) is 47.5 Å². The Morgan fingerprint density at radius 3 is 2.48 bits per heavy atom. The largest absolute Gasteiger partial charge is 0.394 e. The molecule has 1 aromatic heterocycles. The van der Waals surface area contributed by atoms with Crippen molar-refractivity contribution in [3.63, 3.8) is 0 Å². The van der Waals surface area contributed by atoms with E-state index >= 15 is 0 Å². The lowest BCUT2D eigenvalue weighted by atomic mass is 10.0. The van der Waals surface area contributed by atoms with Crippen LogP contribution in [0.4, 0.5) is 0 Å². The zero-order valence-electron chi connectivity index (χ0n) is 13.5. The Morgan fingerprint density at radius 2 is 1.80 bits per heavy atom. The van der Waals surface area contributed by atoms with E-state index in [1.54, 1.807) is 0 Å². The number of rotatable bonds is 5.